The fourth-order valence-electron chi connectivity index (χ4n) is 1.97. The summed E-state index contributed by atoms with van der Waals surface area (Å²) in [6, 6.07) is 1.63. The van der Waals surface area contributed by atoms with Crippen molar-refractivity contribution in [2.45, 2.75) is 6.61 Å². The molecule has 0 radical (unpaired) electrons. The van der Waals surface area contributed by atoms with Crippen LogP contribution in [-0.2, 0) is 20.9 Å². The van der Waals surface area contributed by atoms with E-state index in [9.17, 15) is 13.3 Å². The average Bonchev–Trinajstić information content (AvgIpc) is 2.36. The molecule has 0 spiro atoms. The maximum atomic E-state index is 11.0. The van der Waals surface area contributed by atoms with Gasteiger partial charge in [0.2, 0.25) is 0 Å². The van der Waals surface area contributed by atoms with Crippen molar-refractivity contribution >= 4 is 23.6 Å². The van der Waals surface area contributed by atoms with Gasteiger partial charge in [-0.2, -0.15) is 0 Å². The van der Waals surface area contributed by atoms with Gasteiger partial charge in [-0.15, -0.1) is 0 Å². The van der Waals surface area contributed by atoms with E-state index in [-0.39, 0.29) is 6.61 Å². The number of hydrogen-bond acceptors (Lipinski definition) is 7. The standard InChI is InChI=1S/C11H20N3O4PS/c1-19(15)7-5-14(6-8-19)11-12-4-3-10(13-11)9-18-20(2,16)17/h3-4,15,19H,5-9H2,1-2H3. The molecule has 0 aliphatic carbocycles. The van der Waals surface area contributed by atoms with E-state index in [1.807, 2.05) is 11.6 Å². The normalized spacial score (nSPS) is 20.6. The molecule has 0 bridgehead atoms. The van der Waals surface area contributed by atoms with E-state index in [0.29, 0.717) is 11.6 Å². The van der Waals surface area contributed by atoms with Crippen LogP contribution in [0.4, 0.5) is 5.95 Å². The summed E-state index contributed by atoms with van der Waals surface area (Å²) in [4.78, 5) is 20.6. The molecule has 1 saturated heterocycles. The molecule has 1 aromatic heterocycles. The Labute approximate surface area is 119 Å². The molecule has 114 valence electrons. The Morgan fingerprint density at radius 2 is 2.10 bits per heavy atom. The molecule has 1 aromatic rings. The SMILES string of the molecule is C[PH]1(O)CCN(c2nccc(COS(C)(=O)=O)n2)CC1. The molecule has 7 nitrogen and oxygen atoms in total. The maximum absolute atomic E-state index is 11.0. The molecule has 0 aromatic carbocycles. The third-order valence-corrected chi connectivity index (χ3v) is 6.39. The zero-order chi connectivity index (χ0) is 14.8. The van der Waals surface area contributed by atoms with Crippen LogP contribution in [0, 0.1) is 0 Å². The molecule has 2 rings (SSSR count). The molecular formula is C11H20N3O4PS. The Hall–Kier alpha value is -0.820. The van der Waals surface area contributed by atoms with E-state index in [0.717, 1.165) is 31.7 Å². The second-order valence-electron chi connectivity index (χ2n) is 5.30. The third kappa shape index (κ3) is 4.63. The summed E-state index contributed by atoms with van der Waals surface area (Å²) in [6.45, 7) is 3.33. The summed E-state index contributed by atoms with van der Waals surface area (Å²) in [5, 5.41) is 0. The van der Waals surface area contributed by atoms with Crippen LogP contribution in [0.15, 0.2) is 12.3 Å². The van der Waals surface area contributed by atoms with Crippen molar-refractivity contribution in [1.82, 2.24) is 9.97 Å². The first-order chi connectivity index (χ1) is 9.25. The summed E-state index contributed by atoms with van der Waals surface area (Å²) in [5.74, 6) is 0.559. The van der Waals surface area contributed by atoms with E-state index in [4.69, 9.17) is 4.18 Å². The van der Waals surface area contributed by atoms with Crippen LogP contribution in [0.2, 0.25) is 0 Å². The summed E-state index contributed by atoms with van der Waals surface area (Å²) >= 11 is 0. The molecule has 0 amide bonds. The Balaban J connectivity index is 2.03. The van der Waals surface area contributed by atoms with Gasteiger partial charge in [0.25, 0.3) is 0 Å². The molecule has 1 aliphatic heterocycles. The second kappa shape index (κ2) is 5.89. The van der Waals surface area contributed by atoms with Crippen LogP contribution in [0.3, 0.4) is 0 Å². The molecular weight excluding hydrogens is 301 g/mol. The van der Waals surface area contributed by atoms with Crippen LogP contribution < -0.4 is 4.90 Å². The van der Waals surface area contributed by atoms with Crippen molar-refractivity contribution in [3.8, 4) is 0 Å². The van der Waals surface area contributed by atoms with Crippen LogP contribution >= 0.6 is 7.49 Å². The minimum absolute atomic E-state index is 0.0886. The first-order valence-electron chi connectivity index (χ1n) is 6.39. The van der Waals surface area contributed by atoms with E-state index < -0.39 is 17.6 Å². The monoisotopic (exact) mass is 321 g/mol. The first-order valence-corrected chi connectivity index (χ1v) is 11.1. The van der Waals surface area contributed by atoms with E-state index in [2.05, 4.69) is 9.97 Å². The van der Waals surface area contributed by atoms with Crippen LogP contribution in [0.5, 0.6) is 0 Å². The van der Waals surface area contributed by atoms with Crippen LogP contribution in [0.1, 0.15) is 5.69 Å². The summed E-state index contributed by atoms with van der Waals surface area (Å²) in [7, 11) is -5.50. The van der Waals surface area contributed by atoms with Crippen LogP contribution in [-0.4, -0.2) is 61.6 Å². The van der Waals surface area contributed by atoms with Gasteiger partial charge in [-0.25, -0.2) is 0 Å². The van der Waals surface area contributed by atoms with Gasteiger partial charge in [0.05, 0.1) is 0 Å². The van der Waals surface area contributed by atoms with Gasteiger partial charge in [0, 0.05) is 0 Å². The topological polar surface area (TPSA) is 92.6 Å². The molecule has 0 saturated carbocycles. The molecule has 1 aliphatic rings. The number of anilines is 1. The predicted molar refractivity (Wildman–Crippen MR) is 80.1 cm³/mol. The number of aromatic nitrogens is 2. The van der Waals surface area contributed by atoms with Crippen molar-refractivity contribution in [2.75, 3.05) is 43.2 Å². The molecule has 1 fully saturated rings. The Morgan fingerprint density at radius 1 is 1.45 bits per heavy atom. The molecule has 20 heavy (non-hydrogen) atoms. The first kappa shape index (κ1) is 15.6. The molecule has 2 heterocycles. The van der Waals surface area contributed by atoms with Gasteiger partial charge in [0.1, 0.15) is 0 Å². The summed E-state index contributed by atoms with van der Waals surface area (Å²) in [5.41, 5.74) is 0.523. The van der Waals surface area contributed by atoms with E-state index in [1.165, 1.54) is 0 Å². The van der Waals surface area contributed by atoms with E-state index in [1.54, 1.807) is 12.3 Å². The average molecular weight is 321 g/mol. The molecule has 0 unspecified atom stereocenters. The zero-order valence-electron chi connectivity index (χ0n) is 11.6. The van der Waals surface area contributed by atoms with Gasteiger partial charge < -0.3 is 0 Å². The Bertz CT molecular complexity index is 569. The third-order valence-electron chi connectivity index (χ3n) is 3.24. The number of rotatable bonds is 4. The van der Waals surface area contributed by atoms with Gasteiger partial charge in [0.15, 0.2) is 0 Å². The molecule has 9 heteroatoms. The zero-order valence-corrected chi connectivity index (χ0v) is 13.4. The summed E-state index contributed by atoms with van der Waals surface area (Å²) < 4.78 is 26.6. The Morgan fingerprint density at radius 3 is 2.70 bits per heavy atom. The van der Waals surface area contributed by atoms with Gasteiger partial charge >= 0.3 is 119 Å². The fourth-order valence-corrected chi connectivity index (χ4v) is 4.06. The predicted octanol–water partition coefficient (Wildman–Crippen LogP) is 0.0598. The quantitative estimate of drug-likeness (QED) is 0.619. The molecule has 0 atom stereocenters. The van der Waals surface area contributed by atoms with Crippen LogP contribution in [0.25, 0.3) is 0 Å². The van der Waals surface area contributed by atoms with E-state index >= 15 is 0 Å². The minimum atomic E-state index is -3.48. The van der Waals surface area contributed by atoms with Gasteiger partial charge in [-0.3, -0.25) is 0 Å². The van der Waals surface area contributed by atoms with Crippen molar-refractivity contribution < 1.29 is 17.5 Å². The van der Waals surface area contributed by atoms with Crippen molar-refractivity contribution in [1.29, 1.82) is 0 Å². The van der Waals surface area contributed by atoms with Crippen molar-refractivity contribution in [3.05, 3.63) is 18.0 Å². The second-order valence-corrected chi connectivity index (χ2v) is 10.9. The van der Waals surface area contributed by atoms with Gasteiger partial charge in [-0.05, 0) is 0 Å². The van der Waals surface area contributed by atoms with Crippen molar-refractivity contribution in [2.24, 2.45) is 0 Å². The summed E-state index contributed by atoms with van der Waals surface area (Å²) in [6.07, 6.45) is 4.18. The number of hydrogen-bond donors (Lipinski definition) is 1. The Kier molecular flexibility index (Phi) is 4.59. The van der Waals surface area contributed by atoms with Gasteiger partial charge in [-0.1, -0.05) is 0 Å². The van der Waals surface area contributed by atoms with Crippen molar-refractivity contribution in [3.63, 3.8) is 0 Å². The molecule has 1 N–H and O–H groups in total. The fraction of sp³-hybridized carbons (Fsp3) is 0.636. The number of nitrogens with zero attached hydrogens (tertiary/aromatic N) is 3.